The van der Waals surface area contributed by atoms with Crippen LogP contribution in [-0.2, 0) is 0 Å². The minimum Gasteiger partial charge on any atom is -0.507 e. The van der Waals surface area contributed by atoms with Crippen LogP contribution in [0, 0.1) is 11.3 Å². The molecule has 0 aliphatic carbocycles. The molecule has 6 heteroatoms. The molecule has 21 heavy (non-hydrogen) atoms. The van der Waals surface area contributed by atoms with Crippen molar-refractivity contribution in [1.29, 1.82) is 5.26 Å². The van der Waals surface area contributed by atoms with Crippen LogP contribution in [0.25, 0.3) is 0 Å². The van der Waals surface area contributed by atoms with Crippen LogP contribution in [0.1, 0.15) is 21.5 Å². The second-order valence-electron chi connectivity index (χ2n) is 4.09. The van der Waals surface area contributed by atoms with E-state index in [4.69, 9.17) is 5.26 Å². The first-order chi connectivity index (χ1) is 10.1. The highest BCUT2D eigenvalue weighted by molar-refractivity contribution is 9.10. The van der Waals surface area contributed by atoms with Crippen molar-refractivity contribution in [3.8, 4) is 11.8 Å². The summed E-state index contributed by atoms with van der Waals surface area (Å²) in [6.07, 6.45) is 1.45. The molecule has 0 heterocycles. The molecule has 0 saturated carbocycles. The topological polar surface area (TPSA) is 85.5 Å². The molecule has 104 valence electrons. The number of amides is 1. The average Bonchev–Trinajstić information content (AvgIpc) is 2.50. The Morgan fingerprint density at radius 3 is 2.67 bits per heavy atom. The average molecular weight is 344 g/mol. The summed E-state index contributed by atoms with van der Waals surface area (Å²) in [5.74, 6) is -0.636. The molecular formula is C15H10BrN3O2. The second-order valence-corrected chi connectivity index (χ2v) is 5.01. The number of hydrogen-bond donors (Lipinski definition) is 2. The van der Waals surface area contributed by atoms with E-state index >= 15 is 0 Å². The first-order valence-corrected chi connectivity index (χ1v) is 6.71. The largest absolute Gasteiger partial charge is 0.507 e. The number of benzene rings is 2. The molecule has 2 aromatic carbocycles. The summed E-state index contributed by atoms with van der Waals surface area (Å²) in [7, 11) is 0. The van der Waals surface area contributed by atoms with Crippen molar-refractivity contribution < 1.29 is 9.90 Å². The number of carbonyl (C=O) groups excluding carboxylic acids is 1. The number of phenolic OH excluding ortho intramolecular Hbond substituents is 1. The van der Waals surface area contributed by atoms with E-state index in [1.807, 2.05) is 6.07 Å². The third-order valence-electron chi connectivity index (χ3n) is 2.62. The van der Waals surface area contributed by atoms with Gasteiger partial charge in [-0.2, -0.15) is 10.4 Å². The van der Waals surface area contributed by atoms with Crippen LogP contribution in [0.4, 0.5) is 0 Å². The van der Waals surface area contributed by atoms with E-state index in [2.05, 4.69) is 26.5 Å². The van der Waals surface area contributed by atoms with E-state index in [1.165, 1.54) is 18.3 Å². The maximum absolute atomic E-state index is 11.9. The summed E-state index contributed by atoms with van der Waals surface area (Å²) in [5.41, 5.74) is 3.75. The Labute approximate surface area is 129 Å². The highest BCUT2D eigenvalue weighted by Gasteiger charge is 2.10. The Hall–Kier alpha value is -2.65. The first-order valence-electron chi connectivity index (χ1n) is 5.92. The van der Waals surface area contributed by atoms with Gasteiger partial charge < -0.3 is 5.11 Å². The van der Waals surface area contributed by atoms with Gasteiger partial charge in [0.05, 0.1) is 23.4 Å². The van der Waals surface area contributed by atoms with Crippen LogP contribution < -0.4 is 5.43 Å². The van der Waals surface area contributed by atoms with Gasteiger partial charge in [-0.1, -0.05) is 28.1 Å². The number of nitrogens with one attached hydrogen (secondary N) is 1. The van der Waals surface area contributed by atoms with Crippen LogP contribution in [0.2, 0.25) is 0 Å². The van der Waals surface area contributed by atoms with Gasteiger partial charge in [-0.05, 0) is 35.9 Å². The van der Waals surface area contributed by atoms with Gasteiger partial charge in [0, 0.05) is 4.47 Å². The van der Waals surface area contributed by atoms with Crippen LogP contribution >= 0.6 is 15.9 Å². The zero-order valence-corrected chi connectivity index (χ0v) is 12.3. The number of nitriles is 1. The zero-order chi connectivity index (χ0) is 15.2. The van der Waals surface area contributed by atoms with Crippen LogP contribution in [0.5, 0.6) is 5.75 Å². The van der Waals surface area contributed by atoms with Crippen molar-refractivity contribution >= 4 is 28.1 Å². The fourth-order valence-corrected chi connectivity index (χ4v) is 1.92. The lowest BCUT2D eigenvalue weighted by atomic mass is 10.2. The molecule has 0 spiro atoms. The highest BCUT2D eigenvalue weighted by atomic mass is 79.9. The van der Waals surface area contributed by atoms with E-state index in [-0.39, 0.29) is 11.3 Å². The predicted molar refractivity (Wildman–Crippen MR) is 82.0 cm³/mol. The van der Waals surface area contributed by atoms with Crippen molar-refractivity contribution in [2.24, 2.45) is 5.10 Å². The molecule has 0 radical (unpaired) electrons. The Balaban J connectivity index is 2.04. The maximum Gasteiger partial charge on any atom is 0.275 e. The van der Waals surface area contributed by atoms with Crippen molar-refractivity contribution in [3.05, 3.63) is 63.6 Å². The monoisotopic (exact) mass is 343 g/mol. The molecule has 0 fully saturated rings. The van der Waals surface area contributed by atoms with Gasteiger partial charge in [0.25, 0.3) is 5.91 Å². The summed E-state index contributed by atoms with van der Waals surface area (Å²) < 4.78 is 0.682. The Morgan fingerprint density at radius 2 is 2.00 bits per heavy atom. The standard InChI is InChI=1S/C15H10BrN3O2/c16-12-5-6-14(20)13(7-12)15(21)19-18-9-11-3-1-10(8-17)2-4-11/h1-7,9,20H,(H,19,21)/b18-9+. The molecule has 1 amide bonds. The number of carbonyl (C=O) groups is 1. The smallest absolute Gasteiger partial charge is 0.275 e. The minimum absolute atomic E-state index is 0.121. The number of halogens is 1. The third kappa shape index (κ3) is 3.91. The molecular weight excluding hydrogens is 334 g/mol. The molecule has 0 aliphatic rings. The van der Waals surface area contributed by atoms with Crippen LogP contribution in [-0.4, -0.2) is 17.2 Å². The third-order valence-corrected chi connectivity index (χ3v) is 3.12. The van der Waals surface area contributed by atoms with Crippen LogP contribution in [0.15, 0.2) is 52.0 Å². The van der Waals surface area contributed by atoms with Gasteiger partial charge in [-0.3, -0.25) is 4.79 Å². The van der Waals surface area contributed by atoms with Gasteiger partial charge in [0.15, 0.2) is 0 Å². The lowest BCUT2D eigenvalue weighted by Crippen LogP contribution is -2.17. The van der Waals surface area contributed by atoms with Crippen LogP contribution in [0.3, 0.4) is 0 Å². The summed E-state index contributed by atoms with van der Waals surface area (Å²) in [5, 5.41) is 22.1. The summed E-state index contributed by atoms with van der Waals surface area (Å²) >= 11 is 3.23. The number of hydrazone groups is 1. The molecule has 0 aliphatic heterocycles. The van der Waals surface area contributed by atoms with E-state index in [0.29, 0.717) is 10.0 Å². The fraction of sp³-hybridized carbons (Fsp3) is 0. The first kappa shape index (κ1) is 14.8. The zero-order valence-electron chi connectivity index (χ0n) is 10.7. The van der Waals surface area contributed by atoms with Gasteiger partial charge in [-0.25, -0.2) is 5.43 Å². The van der Waals surface area contributed by atoms with E-state index < -0.39 is 5.91 Å². The minimum atomic E-state index is -0.515. The van der Waals surface area contributed by atoms with Gasteiger partial charge in [-0.15, -0.1) is 0 Å². The predicted octanol–water partition coefficient (Wildman–Crippen LogP) is 2.79. The molecule has 5 nitrogen and oxygen atoms in total. The summed E-state index contributed by atoms with van der Waals surface area (Å²) in [6.45, 7) is 0. The number of rotatable bonds is 3. The fourth-order valence-electron chi connectivity index (χ4n) is 1.56. The molecule has 2 rings (SSSR count). The molecule has 0 bridgehead atoms. The van der Waals surface area contributed by atoms with E-state index in [9.17, 15) is 9.90 Å². The SMILES string of the molecule is N#Cc1ccc(/C=N/NC(=O)c2cc(Br)ccc2O)cc1. The molecule has 2 aromatic rings. The van der Waals surface area contributed by atoms with E-state index in [1.54, 1.807) is 30.3 Å². The lowest BCUT2D eigenvalue weighted by Gasteiger charge is -2.03. The van der Waals surface area contributed by atoms with Gasteiger partial charge >= 0.3 is 0 Å². The van der Waals surface area contributed by atoms with Gasteiger partial charge in [0.2, 0.25) is 0 Å². The normalized spacial score (nSPS) is 10.3. The van der Waals surface area contributed by atoms with Crippen molar-refractivity contribution in [2.45, 2.75) is 0 Å². The summed E-state index contributed by atoms with van der Waals surface area (Å²) in [4.78, 5) is 11.9. The highest BCUT2D eigenvalue weighted by Crippen LogP contribution is 2.21. The number of hydrogen-bond acceptors (Lipinski definition) is 4. The molecule has 2 N–H and O–H groups in total. The Kier molecular flexibility index (Phi) is 4.69. The van der Waals surface area contributed by atoms with Crippen molar-refractivity contribution in [2.75, 3.05) is 0 Å². The van der Waals surface area contributed by atoms with Gasteiger partial charge in [0.1, 0.15) is 5.75 Å². The van der Waals surface area contributed by atoms with E-state index in [0.717, 1.165) is 5.56 Å². The molecule has 0 atom stereocenters. The van der Waals surface area contributed by atoms with Crippen molar-refractivity contribution in [3.63, 3.8) is 0 Å². The number of nitrogens with zero attached hydrogens (tertiary/aromatic N) is 2. The van der Waals surface area contributed by atoms with Crippen molar-refractivity contribution in [1.82, 2.24) is 5.43 Å². The molecule has 0 unspecified atom stereocenters. The molecule has 0 saturated heterocycles. The molecule has 0 aromatic heterocycles. The maximum atomic E-state index is 11.9. The lowest BCUT2D eigenvalue weighted by molar-refractivity contribution is 0.0952. The Morgan fingerprint density at radius 1 is 1.29 bits per heavy atom. The second kappa shape index (κ2) is 6.68. The number of aromatic hydroxyl groups is 1. The summed E-state index contributed by atoms with van der Waals surface area (Å²) in [6, 6.07) is 13.3. The Bertz CT molecular complexity index is 734. The number of phenols is 1. The quantitative estimate of drug-likeness (QED) is 0.663.